The van der Waals surface area contributed by atoms with Gasteiger partial charge in [0.1, 0.15) is 0 Å². The largest absolute Gasteiger partial charge is 0.354 e. The summed E-state index contributed by atoms with van der Waals surface area (Å²) in [5.74, 6) is 0.761. The first-order valence-corrected chi connectivity index (χ1v) is 8.12. The van der Waals surface area contributed by atoms with Gasteiger partial charge >= 0.3 is 0 Å². The quantitative estimate of drug-likeness (QED) is 0.835. The summed E-state index contributed by atoms with van der Waals surface area (Å²) >= 11 is 0. The predicted octanol–water partition coefficient (Wildman–Crippen LogP) is 3.83. The molecule has 0 heterocycles. The van der Waals surface area contributed by atoms with E-state index in [2.05, 4.69) is 19.2 Å². The fourth-order valence-corrected chi connectivity index (χ4v) is 3.57. The van der Waals surface area contributed by atoms with Crippen LogP contribution in [0.1, 0.15) is 57.6 Å². The maximum absolute atomic E-state index is 12.7. The lowest BCUT2D eigenvalue weighted by molar-refractivity contribution is -0.131. The molecular formula is C18H29ClN2O. The molecule has 1 aliphatic rings. The first-order valence-electron chi connectivity index (χ1n) is 8.12. The lowest BCUT2D eigenvalue weighted by Gasteiger charge is -2.30. The molecule has 0 saturated heterocycles. The molecule has 1 aromatic carbocycles. The van der Waals surface area contributed by atoms with Gasteiger partial charge in [-0.1, -0.05) is 57.0 Å². The summed E-state index contributed by atoms with van der Waals surface area (Å²) in [7, 11) is 0. The molecule has 22 heavy (non-hydrogen) atoms. The predicted molar refractivity (Wildman–Crippen MR) is 94.0 cm³/mol. The molecule has 3 N–H and O–H groups in total. The van der Waals surface area contributed by atoms with Crippen LogP contribution in [0.3, 0.4) is 0 Å². The van der Waals surface area contributed by atoms with E-state index in [0.717, 1.165) is 24.8 Å². The van der Waals surface area contributed by atoms with Crippen molar-refractivity contribution in [2.45, 2.75) is 52.0 Å². The Hall–Kier alpha value is -1.06. The molecule has 0 bridgehead atoms. The van der Waals surface area contributed by atoms with E-state index in [4.69, 9.17) is 5.73 Å². The van der Waals surface area contributed by atoms with Gasteiger partial charge in [-0.05, 0) is 30.7 Å². The molecule has 0 radical (unpaired) electrons. The molecule has 124 valence electrons. The van der Waals surface area contributed by atoms with Crippen LogP contribution >= 0.6 is 12.4 Å². The normalized spacial score (nSPS) is 17.8. The summed E-state index contributed by atoms with van der Waals surface area (Å²) in [6.45, 7) is 4.91. The zero-order valence-corrected chi connectivity index (χ0v) is 14.5. The lowest BCUT2D eigenvalue weighted by Crippen LogP contribution is -2.42. The third kappa shape index (κ3) is 4.72. The van der Waals surface area contributed by atoms with Crippen LogP contribution in [0.4, 0.5) is 0 Å². The number of nitrogens with one attached hydrogen (secondary N) is 1. The van der Waals surface area contributed by atoms with Crippen molar-refractivity contribution >= 4 is 18.3 Å². The van der Waals surface area contributed by atoms with E-state index < -0.39 is 0 Å². The average molecular weight is 325 g/mol. The molecule has 1 unspecified atom stereocenters. The Labute approximate surface area is 140 Å². The van der Waals surface area contributed by atoms with E-state index in [1.54, 1.807) is 0 Å². The Balaban J connectivity index is 0.00000242. The molecule has 3 nitrogen and oxygen atoms in total. The minimum atomic E-state index is -0.148. The Bertz CT molecular complexity index is 455. The molecule has 4 heteroatoms. The highest BCUT2D eigenvalue weighted by atomic mass is 35.5. The van der Waals surface area contributed by atoms with Gasteiger partial charge in [0.05, 0.1) is 0 Å². The highest BCUT2D eigenvalue weighted by Gasteiger charge is 2.41. The summed E-state index contributed by atoms with van der Waals surface area (Å²) < 4.78 is 0. The second kappa shape index (κ2) is 8.54. The lowest BCUT2D eigenvalue weighted by atomic mass is 9.77. The number of benzene rings is 1. The second-order valence-corrected chi connectivity index (χ2v) is 6.81. The van der Waals surface area contributed by atoms with E-state index in [9.17, 15) is 4.79 Å². The fourth-order valence-electron chi connectivity index (χ4n) is 3.57. The first-order chi connectivity index (χ1) is 10.0. The SMILES string of the molecule is CC(C)CC1(C(=O)NCC(N)c2ccccc2)CCCC1.Cl. The van der Waals surface area contributed by atoms with Gasteiger partial charge in [-0.15, -0.1) is 12.4 Å². The monoisotopic (exact) mass is 324 g/mol. The van der Waals surface area contributed by atoms with Crippen LogP contribution in [-0.4, -0.2) is 12.5 Å². The molecule has 1 atom stereocenters. The molecule has 0 aromatic heterocycles. The third-order valence-electron chi connectivity index (χ3n) is 4.55. The molecule has 1 fully saturated rings. The topological polar surface area (TPSA) is 55.1 Å². The molecule has 0 aliphatic heterocycles. The number of hydrogen-bond donors (Lipinski definition) is 2. The minimum absolute atomic E-state index is 0. The van der Waals surface area contributed by atoms with E-state index in [-0.39, 0.29) is 29.8 Å². The van der Waals surface area contributed by atoms with Crippen molar-refractivity contribution < 1.29 is 4.79 Å². The van der Waals surface area contributed by atoms with Gasteiger partial charge < -0.3 is 11.1 Å². The maximum Gasteiger partial charge on any atom is 0.226 e. The van der Waals surface area contributed by atoms with Gasteiger partial charge in [0.25, 0.3) is 0 Å². The van der Waals surface area contributed by atoms with Crippen molar-refractivity contribution in [2.75, 3.05) is 6.54 Å². The van der Waals surface area contributed by atoms with Gasteiger partial charge in [0, 0.05) is 18.0 Å². The summed E-state index contributed by atoms with van der Waals surface area (Å²) in [6.07, 6.45) is 5.38. The number of rotatable bonds is 6. The Morgan fingerprint density at radius 1 is 1.23 bits per heavy atom. The molecule has 1 aliphatic carbocycles. The van der Waals surface area contributed by atoms with E-state index in [0.29, 0.717) is 12.5 Å². The maximum atomic E-state index is 12.7. The minimum Gasteiger partial charge on any atom is -0.354 e. The summed E-state index contributed by atoms with van der Waals surface area (Å²) in [5, 5.41) is 3.11. The average Bonchev–Trinajstić information content (AvgIpc) is 2.94. The third-order valence-corrected chi connectivity index (χ3v) is 4.55. The van der Waals surface area contributed by atoms with Crippen molar-refractivity contribution in [3.05, 3.63) is 35.9 Å². The molecule has 1 amide bonds. The van der Waals surface area contributed by atoms with Crippen molar-refractivity contribution in [1.82, 2.24) is 5.32 Å². The van der Waals surface area contributed by atoms with Gasteiger partial charge in [-0.2, -0.15) is 0 Å². The number of carbonyl (C=O) groups excluding carboxylic acids is 1. The summed E-state index contributed by atoms with van der Waals surface area (Å²) in [5.41, 5.74) is 7.09. The smallest absolute Gasteiger partial charge is 0.226 e. The van der Waals surface area contributed by atoms with Crippen LogP contribution in [0.2, 0.25) is 0 Å². The first kappa shape index (κ1) is 19.0. The zero-order valence-electron chi connectivity index (χ0n) is 13.7. The Morgan fingerprint density at radius 3 is 2.36 bits per heavy atom. The summed E-state index contributed by atoms with van der Waals surface area (Å²) in [6, 6.07) is 9.83. The number of carbonyl (C=O) groups is 1. The van der Waals surface area contributed by atoms with Crippen molar-refractivity contribution in [3.8, 4) is 0 Å². The van der Waals surface area contributed by atoms with E-state index >= 15 is 0 Å². The van der Waals surface area contributed by atoms with Crippen molar-refractivity contribution in [1.29, 1.82) is 0 Å². The molecule has 1 aromatic rings. The molecule has 0 spiro atoms. The van der Waals surface area contributed by atoms with Crippen LogP contribution in [-0.2, 0) is 4.79 Å². The van der Waals surface area contributed by atoms with Crippen LogP contribution in [0.25, 0.3) is 0 Å². The van der Waals surface area contributed by atoms with E-state index in [1.165, 1.54) is 12.8 Å². The Kier molecular flexibility index (Phi) is 7.37. The molecule has 1 saturated carbocycles. The van der Waals surface area contributed by atoms with Crippen LogP contribution in [0, 0.1) is 11.3 Å². The highest BCUT2D eigenvalue weighted by molar-refractivity contribution is 5.85. The highest BCUT2D eigenvalue weighted by Crippen LogP contribution is 2.43. The van der Waals surface area contributed by atoms with E-state index in [1.807, 2.05) is 30.3 Å². The summed E-state index contributed by atoms with van der Waals surface area (Å²) in [4.78, 5) is 12.7. The Morgan fingerprint density at radius 2 is 1.82 bits per heavy atom. The number of amides is 1. The van der Waals surface area contributed by atoms with Gasteiger partial charge in [0.15, 0.2) is 0 Å². The number of hydrogen-bond acceptors (Lipinski definition) is 2. The zero-order chi connectivity index (χ0) is 15.3. The van der Waals surface area contributed by atoms with Crippen LogP contribution in [0.15, 0.2) is 30.3 Å². The number of nitrogens with two attached hydrogens (primary N) is 1. The van der Waals surface area contributed by atoms with Crippen molar-refractivity contribution in [2.24, 2.45) is 17.1 Å². The fraction of sp³-hybridized carbons (Fsp3) is 0.611. The molecular weight excluding hydrogens is 296 g/mol. The van der Waals surface area contributed by atoms with Crippen LogP contribution in [0.5, 0.6) is 0 Å². The van der Waals surface area contributed by atoms with Gasteiger partial charge in [-0.3, -0.25) is 4.79 Å². The standard InChI is InChI=1S/C18H28N2O.ClH/c1-14(2)12-18(10-6-7-11-18)17(21)20-13-16(19)15-8-4-3-5-9-15;/h3-5,8-9,14,16H,6-7,10-13,19H2,1-2H3,(H,20,21);1H. The van der Waals surface area contributed by atoms with Crippen LogP contribution < -0.4 is 11.1 Å². The second-order valence-electron chi connectivity index (χ2n) is 6.81. The molecule has 2 rings (SSSR count). The van der Waals surface area contributed by atoms with Gasteiger partial charge in [-0.25, -0.2) is 0 Å². The van der Waals surface area contributed by atoms with Gasteiger partial charge in [0.2, 0.25) is 5.91 Å². The number of halogens is 1. The van der Waals surface area contributed by atoms with Crippen molar-refractivity contribution in [3.63, 3.8) is 0 Å².